The molecular formula is C29H31NO2. The van der Waals surface area contributed by atoms with Crippen molar-refractivity contribution in [3.8, 4) is 5.75 Å². The number of fused-ring (bicyclic) bond motifs is 5. The van der Waals surface area contributed by atoms with Crippen LogP contribution in [-0.2, 0) is 15.9 Å². The minimum Gasteiger partial charge on any atom is -0.485 e. The zero-order chi connectivity index (χ0) is 22.3. The lowest BCUT2D eigenvalue weighted by molar-refractivity contribution is -0.0493. The second-order valence-electron chi connectivity index (χ2n) is 9.34. The van der Waals surface area contributed by atoms with Crippen LogP contribution in [0.3, 0.4) is 0 Å². The van der Waals surface area contributed by atoms with Gasteiger partial charge < -0.3 is 14.4 Å². The maximum atomic E-state index is 6.53. The molecule has 0 aromatic heterocycles. The zero-order valence-corrected chi connectivity index (χ0v) is 19.3. The van der Waals surface area contributed by atoms with E-state index in [2.05, 4.69) is 112 Å². The van der Waals surface area contributed by atoms with E-state index in [1.807, 2.05) is 6.07 Å². The van der Waals surface area contributed by atoms with E-state index < -0.39 is 0 Å². The van der Waals surface area contributed by atoms with Crippen molar-refractivity contribution in [2.45, 2.75) is 44.5 Å². The Morgan fingerprint density at radius 1 is 0.875 bits per heavy atom. The molecule has 3 aromatic rings. The maximum absolute atomic E-state index is 6.53. The number of hydrogen-bond donors (Lipinski definition) is 0. The molecule has 3 aromatic carbocycles. The van der Waals surface area contributed by atoms with Crippen molar-refractivity contribution in [3.63, 3.8) is 0 Å². The van der Waals surface area contributed by atoms with Crippen molar-refractivity contribution in [2.75, 3.05) is 18.5 Å². The fraction of sp³-hybridized carbons (Fsp3) is 0.310. The summed E-state index contributed by atoms with van der Waals surface area (Å²) in [5.74, 6) is 0.945. The highest BCUT2D eigenvalue weighted by Gasteiger charge is 2.52. The van der Waals surface area contributed by atoms with Crippen LogP contribution in [0.2, 0.25) is 0 Å². The minimum atomic E-state index is -0.356. The zero-order valence-electron chi connectivity index (χ0n) is 19.3. The van der Waals surface area contributed by atoms with Crippen molar-refractivity contribution in [3.05, 3.63) is 107 Å². The van der Waals surface area contributed by atoms with E-state index >= 15 is 0 Å². The second-order valence-corrected chi connectivity index (χ2v) is 9.34. The Bertz CT molecular complexity index is 1150. The van der Waals surface area contributed by atoms with Gasteiger partial charge in [0.15, 0.2) is 0 Å². The lowest BCUT2D eigenvalue weighted by Gasteiger charge is -2.29. The van der Waals surface area contributed by atoms with Gasteiger partial charge in [-0.3, -0.25) is 0 Å². The van der Waals surface area contributed by atoms with Crippen LogP contribution < -0.4 is 9.64 Å². The summed E-state index contributed by atoms with van der Waals surface area (Å²) in [5.41, 5.74) is 5.50. The number of ether oxygens (including phenoxy) is 2. The average Bonchev–Trinajstić information content (AvgIpc) is 3.25. The summed E-state index contributed by atoms with van der Waals surface area (Å²) in [5, 5.41) is 0. The SMILES string of the molecule is Cc1ccccc1O[C@H](CCN(C)c1cccc2c1C1(C)C=CC2(C)O1)c1ccccc1. The lowest BCUT2D eigenvalue weighted by Crippen LogP contribution is -2.26. The molecule has 2 unspecified atom stereocenters. The summed E-state index contributed by atoms with van der Waals surface area (Å²) in [4.78, 5) is 2.35. The van der Waals surface area contributed by atoms with Gasteiger partial charge in [-0.05, 0) is 61.7 Å². The number of aryl methyl sites for hydroxylation is 1. The number of para-hydroxylation sites is 1. The average molecular weight is 426 g/mol. The Morgan fingerprint density at radius 3 is 2.38 bits per heavy atom. The summed E-state index contributed by atoms with van der Waals surface area (Å²) in [6.45, 7) is 7.30. The molecule has 164 valence electrons. The highest BCUT2D eigenvalue weighted by molar-refractivity contribution is 5.66. The van der Waals surface area contributed by atoms with E-state index in [4.69, 9.17) is 9.47 Å². The highest BCUT2D eigenvalue weighted by Crippen LogP contribution is 2.56. The van der Waals surface area contributed by atoms with Crippen LogP contribution in [0.5, 0.6) is 5.75 Å². The Hall–Kier alpha value is -3.04. The minimum absolute atomic E-state index is 0.0165. The number of benzene rings is 3. The molecule has 0 radical (unpaired) electrons. The lowest BCUT2D eigenvalue weighted by atomic mass is 9.82. The van der Waals surface area contributed by atoms with Gasteiger partial charge in [0.1, 0.15) is 23.1 Å². The Balaban J connectivity index is 1.39. The van der Waals surface area contributed by atoms with Crippen LogP contribution in [0, 0.1) is 6.92 Å². The van der Waals surface area contributed by atoms with Gasteiger partial charge >= 0.3 is 0 Å². The van der Waals surface area contributed by atoms with Gasteiger partial charge in [0.2, 0.25) is 0 Å². The quantitative estimate of drug-likeness (QED) is 0.395. The molecule has 0 aliphatic carbocycles. The van der Waals surface area contributed by atoms with E-state index in [0.29, 0.717) is 0 Å². The summed E-state index contributed by atoms with van der Waals surface area (Å²) >= 11 is 0. The molecule has 5 rings (SSSR count). The Morgan fingerprint density at radius 2 is 1.59 bits per heavy atom. The van der Waals surface area contributed by atoms with Crippen LogP contribution in [0.25, 0.3) is 0 Å². The Labute approximate surface area is 191 Å². The molecule has 3 atom stereocenters. The molecule has 3 nitrogen and oxygen atoms in total. The van der Waals surface area contributed by atoms with Crippen molar-refractivity contribution in [1.29, 1.82) is 0 Å². The number of anilines is 1. The van der Waals surface area contributed by atoms with Crippen LogP contribution in [-0.4, -0.2) is 13.6 Å². The van der Waals surface area contributed by atoms with E-state index in [9.17, 15) is 0 Å². The summed E-state index contributed by atoms with van der Waals surface area (Å²) < 4.78 is 13.0. The number of rotatable bonds is 7. The summed E-state index contributed by atoms with van der Waals surface area (Å²) in [6.07, 6.45) is 5.27. The molecule has 0 amide bonds. The van der Waals surface area contributed by atoms with E-state index in [1.54, 1.807) is 0 Å². The largest absolute Gasteiger partial charge is 0.485 e. The van der Waals surface area contributed by atoms with E-state index in [0.717, 1.165) is 24.3 Å². The first kappa shape index (κ1) is 20.8. The Kier molecular flexibility index (Phi) is 5.10. The number of nitrogens with zero attached hydrogens (tertiary/aromatic N) is 1. The molecule has 3 heteroatoms. The fourth-order valence-corrected chi connectivity index (χ4v) is 5.13. The molecular weight excluding hydrogens is 394 g/mol. The van der Waals surface area contributed by atoms with Crippen LogP contribution >= 0.6 is 0 Å². The molecule has 32 heavy (non-hydrogen) atoms. The summed E-state index contributed by atoms with van der Waals surface area (Å²) in [7, 11) is 2.17. The van der Waals surface area contributed by atoms with E-state index in [1.165, 1.54) is 22.4 Å². The van der Waals surface area contributed by atoms with E-state index in [-0.39, 0.29) is 17.3 Å². The molecule has 0 saturated heterocycles. The van der Waals surface area contributed by atoms with Gasteiger partial charge in [-0.2, -0.15) is 0 Å². The third-order valence-electron chi connectivity index (χ3n) is 6.89. The molecule has 0 fully saturated rings. The van der Waals surface area contributed by atoms with Crippen LogP contribution in [0.1, 0.15) is 48.6 Å². The highest BCUT2D eigenvalue weighted by atomic mass is 16.5. The standard InChI is InChI=1S/C29H31NO2/c1-21-11-8-9-16-25(21)31-26(22-12-6-5-7-13-22)17-20-30(4)24-15-10-14-23-27(24)29(3)19-18-28(23,2)32-29/h5-16,18-19,26H,17,20H2,1-4H3/t26-,28?,29?/m1/s1. The van der Waals surface area contributed by atoms with Gasteiger partial charge in [-0.15, -0.1) is 0 Å². The maximum Gasteiger partial charge on any atom is 0.125 e. The van der Waals surface area contributed by atoms with Crippen LogP contribution in [0.15, 0.2) is 84.9 Å². The third kappa shape index (κ3) is 3.51. The first-order valence-electron chi connectivity index (χ1n) is 11.4. The topological polar surface area (TPSA) is 21.7 Å². The van der Waals surface area contributed by atoms with Gasteiger partial charge in [0, 0.05) is 31.3 Å². The van der Waals surface area contributed by atoms with Gasteiger partial charge in [-0.25, -0.2) is 0 Å². The monoisotopic (exact) mass is 425 g/mol. The molecule has 0 spiro atoms. The normalized spacial score (nSPS) is 23.8. The molecule has 0 N–H and O–H groups in total. The van der Waals surface area contributed by atoms with Crippen molar-refractivity contribution < 1.29 is 9.47 Å². The number of hydrogen-bond acceptors (Lipinski definition) is 3. The predicted molar refractivity (Wildman–Crippen MR) is 130 cm³/mol. The van der Waals surface area contributed by atoms with Crippen molar-refractivity contribution in [2.24, 2.45) is 0 Å². The van der Waals surface area contributed by atoms with Crippen LogP contribution in [0.4, 0.5) is 5.69 Å². The first-order valence-corrected chi connectivity index (χ1v) is 11.4. The van der Waals surface area contributed by atoms with Crippen molar-refractivity contribution >= 4 is 5.69 Å². The first-order chi connectivity index (χ1) is 15.4. The van der Waals surface area contributed by atoms with Crippen molar-refractivity contribution in [1.82, 2.24) is 0 Å². The smallest absolute Gasteiger partial charge is 0.125 e. The predicted octanol–water partition coefficient (Wildman–Crippen LogP) is 6.67. The van der Waals surface area contributed by atoms with Gasteiger partial charge in [0.05, 0.1) is 0 Å². The molecule has 2 aliphatic rings. The summed E-state index contributed by atoms with van der Waals surface area (Å²) in [6, 6.07) is 25.3. The molecule has 2 aliphatic heterocycles. The van der Waals surface area contributed by atoms with Gasteiger partial charge in [0.25, 0.3) is 0 Å². The molecule has 0 saturated carbocycles. The fourth-order valence-electron chi connectivity index (χ4n) is 5.13. The molecule has 2 heterocycles. The molecule has 2 bridgehead atoms. The second kappa shape index (κ2) is 7.83. The third-order valence-corrected chi connectivity index (χ3v) is 6.89. The van der Waals surface area contributed by atoms with Gasteiger partial charge in [-0.1, -0.05) is 60.7 Å².